The molecule has 0 aliphatic rings. The smallest absolute Gasteiger partial charge is 0.312 e. The highest BCUT2D eigenvalue weighted by molar-refractivity contribution is 5.74. The van der Waals surface area contributed by atoms with Crippen molar-refractivity contribution in [1.82, 2.24) is 0 Å². The van der Waals surface area contributed by atoms with Crippen molar-refractivity contribution in [2.45, 2.75) is 25.7 Å². The molecule has 2 rings (SSSR count). The second-order valence-electron chi connectivity index (χ2n) is 5.67. The fourth-order valence-corrected chi connectivity index (χ4v) is 2.19. The maximum atomic E-state index is 12.1. The Labute approximate surface area is 126 Å². The fourth-order valence-electron chi connectivity index (χ4n) is 2.19. The second-order valence-corrected chi connectivity index (χ2v) is 5.67. The van der Waals surface area contributed by atoms with Crippen molar-refractivity contribution in [3.8, 4) is 5.75 Å². The van der Waals surface area contributed by atoms with Crippen molar-refractivity contribution in [3.05, 3.63) is 72.3 Å². The van der Waals surface area contributed by atoms with E-state index in [2.05, 4.69) is 6.58 Å². The summed E-state index contributed by atoms with van der Waals surface area (Å²) in [4.78, 5) is 12.1. The van der Waals surface area contributed by atoms with Crippen LogP contribution >= 0.6 is 0 Å². The Morgan fingerprint density at radius 1 is 1.10 bits per heavy atom. The van der Waals surface area contributed by atoms with Crippen LogP contribution in [0.4, 0.5) is 0 Å². The molecule has 0 aliphatic carbocycles. The van der Waals surface area contributed by atoms with E-state index in [9.17, 15) is 4.79 Å². The van der Waals surface area contributed by atoms with Gasteiger partial charge in [-0.1, -0.05) is 69.0 Å². The lowest BCUT2D eigenvalue weighted by atomic mass is 9.82. The summed E-state index contributed by atoms with van der Waals surface area (Å²) in [5, 5.41) is 0. The predicted molar refractivity (Wildman–Crippen MR) is 86.3 cm³/mol. The third-order valence-electron chi connectivity index (χ3n) is 3.49. The molecule has 0 amide bonds. The zero-order chi connectivity index (χ0) is 15.3. The van der Waals surface area contributed by atoms with E-state index < -0.39 is 0 Å². The molecular weight excluding hydrogens is 260 g/mol. The first-order chi connectivity index (χ1) is 10.0. The van der Waals surface area contributed by atoms with Crippen LogP contribution in [0.2, 0.25) is 0 Å². The van der Waals surface area contributed by atoms with Gasteiger partial charge in [0.25, 0.3) is 0 Å². The van der Waals surface area contributed by atoms with Crippen molar-refractivity contribution in [2.24, 2.45) is 0 Å². The molecule has 0 heterocycles. The largest absolute Gasteiger partial charge is 0.427 e. The van der Waals surface area contributed by atoms with Gasteiger partial charge in [-0.15, -0.1) is 0 Å². The summed E-state index contributed by atoms with van der Waals surface area (Å²) in [7, 11) is 0. The molecule has 0 atom stereocenters. The maximum absolute atomic E-state index is 12.1. The van der Waals surface area contributed by atoms with Gasteiger partial charge in [-0.25, -0.2) is 0 Å². The molecular formula is C19H20O2. The van der Waals surface area contributed by atoms with Crippen LogP contribution in [0, 0.1) is 0 Å². The molecule has 0 unspecified atom stereocenters. The van der Waals surface area contributed by atoms with Gasteiger partial charge in [0.15, 0.2) is 0 Å². The molecule has 0 bridgehead atoms. The number of esters is 1. The van der Waals surface area contributed by atoms with Gasteiger partial charge in [-0.2, -0.15) is 0 Å². The first-order valence-electron chi connectivity index (χ1n) is 7.00. The highest BCUT2D eigenvalue weighted by atomic mass is 16.5. The standard InChI is InChI=1S/C19H20O2/c1-4-15-10-12-17(13-11-15)21-18(20)14-19(2,3)16-8-6-5-7-9-16/h4-13H,1,14H2,2-3H3. The van der Waals surface area contributed by atoms with Gasteiger partial charge in [-0.05, 0) is 23.3 Å². The van der Waals surface area contributed by atoms with Crippen LogP contribution in [0.25, 0.3) is 6.08 Å². The van der Waals surface area contributed by atoms with E-state index in [4.69, 9.17) is 4.74 Å². The summed E-state index contributed by atoms with van der Waals surface area (Å²) >= 11 is 0. The molecule has 2 aromatic rings. The molecule has 2 nitrogen and oxygen atoms in total. The molecule has 21 heavy (non-hydrogen) atoms. The van der Waals surface area contributed by atoms with Crippen molar-refractivity contribution in [1.29, 1.82) is 0 Å². The minimum Gasteiger partial charge on any atom is -0.427 e. The van der Waals surface area contributed by atoms with E-state index in [0.29, 0.717) is 12.2 Å². The third kappa shape index (κ3) is 4.06. The molecule has 0 saturated heterocycles. The second kappa shape index (κ2) is 6.40. The Morgan fingerprint density at radius 3 is 2.29 bits per heavy atom. The Morgan fingerprint density at radius 2 is 1.71 bits per heavy atom. The zero-order valence-corrected chi connectivity index (χ0v) is 12.5. The van der Waals surface area contributed by atoms with Crippen LogP contribution in [0.5, 0.6) is 5.75 Å². The summed E-state index contributed by atoms with van der Waals surface area (Å²) in [6.07, 6.45) is 2.09. The summed E-state index contributed by atoms with van der Waals surface area (Å²) in [6.45, 7) is 7.79. The quantitative estimate of drug-likeness (QED) is 0.591. The summed E-state index contributed by atoms with van der Waals surface area (Å²) < 4.78 is 5.40. The molecule has 0 spiro atoms. The number of benzene rings is 2. The molecule has 0 aliphatic heterocycles. The van der Waals surface area contributed by atoms with Gasteiger partial charge in [0.05, 0.1) is 6.42 Å². The lowest BCUT2D eigenvalue weighted by Crippen LogP contribution is -2.24. The van der Waals surface area contributed by atoms with Gasteiger partial charge in [0, 0.05) is 5.41 Å². The molecule has 0 fully saturated rings. The van der Waals surface area contributed by atoms with Crippen molar-refractivity contribution in [2.75, 3.05) is 0 Å². The minimum absolute atomic E-state index is 0.227. The van der Waals surface area contributed by atoms with Gasteiger partial charge < -0.3 is 4.74 Å². The minimum atomic E-state index is -0.251. The molecule has 0 aromatic heterocycles. The maximum Gasteiger partial charge on any atom is 0.312 e. The number of carbonyl (C=O) groups is 1. The molecule has 0 radical (unpaired) electrons. The normalized spacial score (nSPS) is 11.0. The van der Waals surface area contributed by atoms with Crippen molar-refractivity contribution >= 4 is 12.0 Å². The van der Waals surface area contributed by atoms with Crippen LogP contribution < -0.4 is 4.74 Å². The SMILES string of the molecule is C=Cc1ccc(OC(=O)CC(C)(C)c2ccccc2)cc1. The zero-order valence-electron chi connectivity index (χ0n) is 12.5. The van der Waals surface area contributed by atoms with E-state index in [1.165, 1.54) is 0 Å². The Kier molecular flexibility index (Phi) is 4.59. The van der Waals surface area contributed by atoms with Gasteiger partial charge in [0.1, 0.15) is 5.75 Å². The van der Waals surface area contributed by atoms with E-state index in [-0.39, 0.29) is 11.4 Å². The lowest BCUT2D eigenvalue weighted by Gasteiger charge is -2.24. The average Bonchev–Trinajstić information content (AvgIpc) is 2.48. The van der Waals surface area contributed by atoms with Crippen LogP contribution in [0.1, 0.15) is 31.4 Å². The van der Waals surface area contributed by atoms with E-state index >= 15 is 0 Å². The van der Waals surface area contributed by atoms with Crippen LogP contribution in [-0.4, -0.2) is 5.97 Å². The highest BCUT2D eigenvalue weighted by Crippen LogP contribution is 2.27. The first kappa shape index (κ1) is 15.0. The van der Waals surface area contributed by atoms with E-state index in [1.807, 2.05) is 56.3 Å². The number of ether oxygens (including phenoxy) is 1. The fraction of sp³-hybridized carbons (Fsp3) is 0.211. The lowest BCUT2D eigenvalue weighted by molar-refractivity contribution is -0.135. The molecule has 2 heteroatoms. The first-order valence-corrected chi connectivity index (χ1v) is 7.00. The van der Waals surface area contributed by atoms with E-state index in [1.54, 1.807) is 18.2 Å². The average molecular weight is 280 g/mol. The van der Waals surface area contributed by atoms with E-state index in [0.717, 1.165) is 11.1 Å². The van der Waals surface area contributed by atoms with Crippen LogP contribution in [-0.2, 0) is 10.2 Å². The molecule has 0 N–H and O–H groups in total. The van der Waals surface area contributed by atoms with Crippen molar-refractivity contribution in [3.63, 3.8) is 0 Å². The topological polar surface area (TPSA) is 26.3 Å². The summed E-state index contributed by atoms with van der Waals surface area (Å²) in [5.74, 6) is 0.338. The third-order valence-corrected chi connectivity index (χ3v) is 3.49. The van der Waals surface area contributed by atoms with Gasteiger partial charge >= 0.3 is 5.97 Å². The number of carbonyl (C=O) groups excluding carboxylic acids is 1. The molecule has 2 aromatic carbocycles. The van der Waals surface area contributed by atoms with Crippen LogP contribution in [0.3, 0.4) is 0 Å². The van der Waals surface area contributed by atoms with Crippen LogP contribution in [0.15, 0.2) is 61.2 Å². The van der Waals surface area contributed by atoms with Gasteiger partial charge in [0.2, 0.25) is 0 Å². The Bertz CT molecular complexity index is 610. The predicted octanol–water partition coefficient (Wildman–Crippen LogP) is 4.60. The number of rotatable bonds is 5. The highest BCUT2D eigenvalue weighted by Gasteiger charge is 2.25. The Balaban J connectivity index is 2.02. The van der Waals surface area contributed by atoms with Crippen molar-refractivity contribution < 1.29 is 9.53 Å². The monoisotopic (exact) mass is 280 g/mol. The molecule has 108 valence electrons. The van der Waals surface area contributed by atoms with Gasteiger partial charge in [-0.3, -0.25) is 4.79 Å². The molecule has 0 saturated carbocycles. The summed E-state index contributed by atoms with van der Waals surface area (Å²) in [5.41, 5.74) is 1.88. The summed E-state index contributed by atoms with van der Waals surface area (Å²) in [6, 6.07) is 17.3. The number of hydrogen-bond acceptors (Lipinski definition) is 2. The number of hydrogen-bond donors (Lipinski definition) is 0. The Hall–Kier alpha value is -2.35.